The Balaban J connectivity index is 2.17. The molecule has 0 bridgehead atoms. The molecule has 0 saturated carbocycles. The van der Waals surface area contributed by atoms with Crippen LogP contribution >= 0.6 is 0 Å². The molecular weight excluding hydrogens is 310 g/mol. The number of nitrogens with zero attached hydrogens (tertiary/aromatic N) is 5. The van der Waals surface area contributed by atoms with Crippen LogP contribution in [-0.2, 0) is 25.4 Å². The third-order valence-electron chi connectivity index (χ3n) is 4.65. The second-order valence-corrected chi connectivity index (χ2v) is 6.18. The van der Waals surface area contributed by atoms with Gasteiger partial charge >= 0.3 is 5.69 Å². The van der Waals surface area contributed by atoms with Crippen LogP contribution in [0, 0.1) is 0 Å². The number of hydrogen-bond acceptors (Lipinski definition) is 4. The van der Waals surface area contributed by atoms with Crippen LogP contribution in [0.2, 0.25) is 0 Å². The van der Waals surface area contributed by atoms with E-state index in [4.69, 9.17) is 0 Å². The second kappa shape index (κ2) is 7.02. The van der Waals surface area contributed by atoms with E-state index < -0.39 is 5.69 Å². The number of amides is 1. The number of hydrogen-bond donors (Lipinski definition) is 0. The van der Waals surface area contributed by atoms with Crippen LogP contribution in [0.4, 0.5) is 0 Å². The molecule has 0 aromatic carbocycles. The molecule has 132 valence electrons. The summed E-state index contributed by atoms with van der Waals surface area (Å²) in [4.78, 5) is 42.3. The fourth-order valence-corrected chi connectivity index (χ4v) is 2.66. The van der Waals surface area contributed by atoms with Gasteiger partial charge in [0.2, 0.25) is 5.91 Å². The predicted molar refractivity (Wildman–Crippen MR) is 92.0 cm³/mol. The van der Waals surface area contributed by atoms with Gasteiger partial charge in [-0.25, -0.2) is 9.78 Å². The molecule has 24 heavy (non-hydrogen) atoms. The summed E-state index contributed by atoms with van der Waals surface area (Å²) in [6.45, 7) is 4.57. The second-order valence-electron chi connectivity index (χ2n) is 6.18. The first-order valence-corrected chi connectivity index (χ1v) is 8.16. The van der Waals surface area contributed by atoms with E-state index in [1.54, 1.807) is 22.8 Å². The molecule has 0 aliphatic carbocycles. The van der Waals surface area contributed by atoms with Crippen molar-refractivity contribution in [1.82, 2.24) is 23.6 Å². The van der Waals surface area contributed by atoms with Crippen molar-refractivity contribution in [2.75, 3.05) is 7.05 Å². The molecule has 0 N–H and O–H groups in total. The number of aromatic nitrogens is 4. The van der Waals surface area contributed by atoms with Crippen LogP contribution in [0.25, 0.3) is 11.2 Å². The molecule has 8 nitrogen and oxygen atoms in total. The summed E-state index contributed by atoms with van der Waals surface area (Å²) >= 11 is 0. The molecule has 0 aliphatic heterocycles. The first-order valence-electron chi connectivity index (χ1n) is 8.16. The van der Waals surface area contributed by atoms with Gasteiger partial charge in [0.1, 0.15) is 0 Å². The zero-order valence-corrected chi connectivity index (χ0v) is 14.9. The van der Waals surface area contributed by atoms with Gasteiger partial charge in [-0.15, -0.1) is 0 Å². The van der Waals surface area contributed by atoms with E-state index in [1.165, 1.54) is 11.6 Å². The summed E-state index contributed by atoms with van der Waals surface area (Å²) in [5, 5.41) is 0. The third-order valence-corrected chi connectivity index (χ3v) is 4.65. The van der Waals surface area contributed by atoms with Crippen molar-refractivity contribution < 1.29 is 4.79 Å². The van der Waals surface area contributed by atoms with Gasteiger partial charge in [-0.05, 0) is 19.8 Å². The molecule has 2 aromatic heterocycles. The van der Waals surface area contributed by atoms with Crippen molar-refractivity contribution in [3.63, 3.8) is 0 Å². The van der Waals surface area contributed by atoms with E-state index in [0.717, 1.165) is 11.0 Å². The average molecular weight is 335 g/mol. The molecule has 1 atom stereocenters. The van der Waals surface area contributed by atoms with Gasteiger partial charge in [0, 0.05) is 40.2 Å². The molecule has 2 heterocycles. The van der Waals surface area contributed by atoms with Crippen molar-refractivity contribution >= 4 is 17.1 Å². The lowest BCUT2D eigenvalue weighted by Crippen LogP contribution is -2.37. The van der Waals surface area contributed by atoms with Crippen molar-refractivity contribution in [3.8, 4) is 0 Å². The largest absolute Gasteiger partial charge is 0.343 e. The van der Waals surface area contributed by atoms with Crippen molar-refractivity contribution in [2.24, 2.45) is 14.1 Å². The summed E-state index contributed by atoms with van der Waals surface area (Å²) in [7, 11) is 4.85. The monoisotopic (exact) mass is 335 g/mol. The fourth-order valence-electron chi connectivity index (χ4n) is 2.66. The van der Waals surface area contributed by atoms with Crippen LogP contribution < -0.4 is 11.2 Å². The van der Waals surface area contributed by atoms with Crippen molar-refractivity contribution in [3.05, 3.63) is 27.2 Å². The van der Waals surface area contributed by atoms with Crippen LogP contribution in [-0.4, -0.2) is 42.6 Å². The molecule has 0 radical (unpaired) electrons. The first kappa shape index (κ1) is 18.0. The molecule has 0 saturated heterocycles. The summed E-state index contributed by atoms with van der Waals surface area (Å²) in [6, 6.07) is 0.216. The Morgan fingerprint density at radius 1 is 1.29 bits per heavy atom. The molecular formula is C16H25N5O3. The Hall–Kier alpha value is -2.38. The average Bonchev–Trinajstić information content (AvgIpc) is 3.00. The molecule has 0 spiro atoms. The van der Waals surface area contributed by atoms with Crippen LogP contribution in [0.1, 0.15) is 33.1 Å². The minimum absolute atomic E-state index is 0.0917. The molecule has 1 unspecified atom stereocenters. The minimum Gasteiger partial charge on any atom is -0.343 e. The van der Waals surface area contributed by atoms with E-state index >= 15 is 0 Å². The molecule has 2 aromatic rings. The van der Waals surface area contributed by atoms with Gasteiger partial charge < -0.3 is 9.47 Å². The quantitative estimate of drug-likeness (QED) is 0.768. The highest BCUT2D eigenvalue weighted by molar-refractivity contribution is 5.76. The molecule has 2 rings (SSSR count). The van der Waals surface area contributed by atoms with Crippen LogP contribution in [0.3, 0.4) is 0 Å². The summed E-state index contributed by atoms with van der Waals surface area (Å²) < 4.78 is 4.14. The highest BCUT2D eigenvalue weighted by atomic mass is 16.2. The smallest absolute Gasteiger partial charge is 0.332 e. The van der Waals surface area contributed by atoms with Gasteiger partial charge in [-0.3, -0.25) is 18.7 Å². The lowest BCUT2D eigenvalue weighted by atomic mass is 10.2. The summed E-state index contributed by atoms with van der Waals surface area (Å²) in [6.07, 6.45) is 3.48. The lowest BCUT2D eigenvalue weighted by Gasteiger charge is -2.23. The summed E-state index contributed by atoms with van der Waals surface area (Å²) in [5.41, 5.74) is -0.00904. The fraction of sp³-hybridized carbons (Fsp3) is 0.625. The number of fused-ring (bicyclic) bond motifs is 1. The maximum Gasteiger partial charge on any atom is 0.332 e. The van der Waals surface area contributed by atoms with E-state index in [1.807, 2.05) is 20.9 Å². The maximum atomic E-state index is 12.3. The van der Waals surface area contributed by atoms with E-state index in [2.05, 4.69) is 4.98 Å². The molecule has 0 aliphatic rings. The predicted octanol–water partition coefficient (Wildman–Crippen LogP) is 0.471. The molecule has 8 heteroatoms. The number of imidazole rings is 1. The molecule has 0 fully saturated rings. The van der Waals surface area contributed by atoms with Gasteiger partial charge in [0.25, 0.3) is 5.56 Å². The number of rotatable bonds is 6. The highest BCUT2D eigenvalue weighted by Gasteiger charge is 2.16. The maximum absolute atomic E-state index is 12.3. The van der Waals surface area contributed by atoms with Gasteiger partial charge in [0.05, 0.1) is 6.33 Å². The van der Waals surface area contributed by atoms with E-state index in [9.17, 15) is 14.4 Å². The van der Waals surface area contributed by atoms with Crippen molar-refractivity contribution in [1.29, 1.82) is 0 Å². The Morgan fingerprint density at radius 2 is 1.96 bits per heavy atom. The Morgan fingerprint density at radius 3 is 2.58 bits per heavy atom. The topological polar surface area (TPSA) is 82.1 Å². The van der Waals surface area contributed by atoms with Crippen LogP contribution in [0.15, 0.2) is 15.9 Å². The van der Waals surface area contributed by atoms with Crippen molar-refractivity contribution in [2.45, 2.75) is 45.7 Å². The number of carbonyl (C=O) groups excluding carboxylic acids is 1. The standard InChI is InChI=1S/C16H25N5O3/c1-6-11(2)18(3)12(22)8-7-9-21-10-17-14-13(21)15(23)20(5)16(24)19(14)4/h10-11H,6-9H2,1-5H3. The Labute approximate surface area is 140 Å². The van der Waals surface area contributed by atoms with Crippen LogP contribution in [0.5, 0.6) is 0 Å². The van der Waals surface area contributed by atoms with E-state index in [0.29, 0.717) is 30.6 Å². The Bertz CT molecular complexity index is 861. The summed E-state index contributed by atoms with van der Waals surface area (Å²) in [5.74, 6) is 0.0917. The third kappa shape index (κ3) is 3.13. The van der Waals surface area contributed by atoms with Gasteiger partial charge in [0.15, 0.2) is 11.2 Å². The minimum atomic E-state index is -0.400. The zero-order chi connectivity index (χ0) is 18.0. The SMILES string of the molecule is CCC(C)N(C)C(=O)CCCn1cnc2c1c(=O)n(C)c(=O)n2C. The van der Waals surface area contributed by atoms with Gasteiger partial charge in [-0.1, -0.05) is 6.92 Å². The number of carbonyl (C=O) groups is 1. The normalized spacial score (nSPS) is 12.5. The molecule has 1 amide bonds. The Kier molecular flexibility index (Phi) is 5.26. The lowest BCUT2D eigenvalue weighted by molar-refractivity contribution is -0.131. The van der Waals surface area contributed by atoms with Gasteiger partial charge in [-0.2, -0.15) is 0 Å². The highest BCUT2D eigenvalue weighted by Crippen LogP contribution is 2.09. The zero-order valence-electron chi connectivity index (χ0n) is 14.9. The number of aryl methyl sites for hydroxylation is 2. The van der Waals surface area contributed by atoms with E-state index in [-0.39, 0.29) is 17.5 Å². The first-order chi connectivity index (χ1) is 11.3.